The number of ether oxygens (including phenoxy) is 1. The van der Waals surface area contributed by atoms with Crippen LogP contribution in [0.1, 0.15) is 0 Å². The Morgan fingerprint density at radius 3 is 2.93 bits per heavy atom. The van der Waals surface area contributed by atoms with E-state index in [-0.39, 0.29) is 11.5 Å². The third-order valence-electron chi connectivity index (χ3n) is 4.61. The van der Waals surface area contributed by atoms with Crippen molar-refractivity contribution in [3.63, 3.8) is 0 Å². The van der Waals surface area contributed by atoms with Crippen molar-refractivity contribution in [1.29, 1.82) is 0 Å². The van der Waals surface area contributed by atoms with E-state index >= 15 is 0 Å². The maximum atomic E-state index is 11.4. The number of aromatic nitrogens is 3. The standard InChI is InChI=1S/C18H21N7O3/c26-25(27)16-3-4-17(19-5-6-24-7-9-28-10-8-24)22-18(16)21-14-1-2-15-13(11-14)12-20-23-15/h1-4,11-12H,5-10H2,(H,20,23)(H2,19,21,22). The van der Waals surface area contributed by atoms with Gasteiger partial charge in [0.25, 0.3) is 0 Å². The summed E-state index contributed by atoms with van der Waals surface area (Å²) in [6, 6.07) is 8.64. The summed E-state index contributed by atoms with van der Waals surface area (Å²) in [6.45, 7) is 4.90. The fourth-order valence-electron chi connectivity index (χ4n) is 3.11. The molecule has 3 heterocycles. The predicted octanol–water partition coefficient (Wildman–Crippen LogP) is 2.35. The molecule has 0 bridgehead atoms. The zero-order chi connectivity index (χ0) is 19.3. The van der Waals surface area contributed by atoms with Crippen LogP contribution in [-0.2, 0) is 4.74 Å². The molecule has 10 nitrogen and oxygen atoms in total. The molecule has 4 rings (SSSR count). The van der Waals surface area contributed by atoms with E-state index in [9.17, 15) is 10.1 Å². The summed E-state index contributed by atoms with van der Waals surface area (Å²) in [5, 5.41) is 25.4. The number of morpholine rings is 1. The molecule has 0 saturated carbocycles. The minimum absolute atomic E-state index is 0.0778. The van der Waals surface area contributed by atoms with Crippen LogP contribution < -0.4 is 10.6 Å². The van der Waals surface area contributed by atoms with E-state index in [1.54, 1.807) is 12.3 Å². The topological polar surface area (TPSA) is 121 Å². The maximum Gasteiger partial charge on any atom is 0.311 e. The number of fused-ring (bicyclic) bond motifs is 1. The van der Waals surface area contributed by atoms with E-state index in [0.29, 0.717) is 18.1 Å². The van der Waals surface area contributed by atoms with Crippen molar-refractivity contribution in [3.05, 3.63) is 46.6 Å². The van der Waals surface area contributed by atoms with Gasteiger partial charge in [-0.15, -0.1) is 0 Å². The van der Waals surface area contributed by atoms with Crippen LogP contribution >= 0.6 is 0 Å². The van der Waals surface area contributed by atoms with Gasteiger partial charge in [-0.1, -0.05) is 0 Å². The number of anilines is 3. The summed E-state index contributed by atoms with van der Waals surface area (Å²) in [6.07, 6.45) is 1.70. The molecule has 3 N–H and O–H groups in total. The van der Waals surface area contributed by atoms with E-state index in [1.807, 2.05) is 18.2 Å². The third-order valence-corrected chi connectivity index (χ3v) is 4.61. The van der Waals surface area contributed by atoms with E-state index in [4.69, 9.17) is 4.74 Å². The zero-order valence-corrected chi connectivity index (χ0v) is 15.2. The molecule has 10 heteroatoms. The van der Waals surface area contributed by atoms with Gasteiger partial charge in [0.2, 0.25) is 5.82 Å². The summed E-state index contributed by atoms with van der Waals surface area (Å²) in [7, 11) is 0. The van der Waals surface area contributed by atoms with Crippen molar-refractivity contribution < 1.29 is 9.66 Å². The average molecular weight is 383 g/mol. The van der Waals surface area contributed by atoms with Crippen LogP contribution in [0.3, 0.4) is 0 Å². The molecular formula is C18H21N7O3. The Morgan fingerprint density at radius 2 is 2.11 bits per heavy atom. The van der Waals surface area contributed by atoms with E-state index in [1.165, 1.54) is 6.07 Å². The molecule has 0 radical (unpaired) electrons. The molecule has 3 aromatic rings. The molecule has 0 spiro atoms. The number of benzene rings is 1. The number of hydrogen-bond acceptors (Lipinski definition) is 8. The molecule has 1 saturated heterocycles. The number of nitrogens with zero attached hydrogens (tertiary/aromatic N) is 4. The van der Waals surface area contributed by atoms with E-state index in [0.717, 1.165) is 43.8 Å². The highest BCUT2D eigenvalue weighted by Crippen LogP contribution is 2.28. The van der Waals surface area contributed by atoms with Crippen LogP contribution in [0.25, 0.3) is 10.9 Å². The van der Waals surface area contributed by atoms with Gasteiger partial charge in [-0.3, -0.25) is 20.1 Å². The van der Waals surface area contributed by atoms with Crippen molar-refractivity contribution in [2.75, 3.05) is 50.0 Å². The number of pyridine rings is 1. The molecule has 1 aromatic carbocycles. The molecule has 0 unspecified atom stereocenters. The molecule has 146 valence electrons. The first-order valence-electron chi connectivity index (χ1n) is 9.08. The van der Waals surface area contributed by atoms with Crippen LogP contribution in [-0.4, -0.2) is 64.4 Å². The van der Waals surface area contributed by atoms with E-state index < -0.39 is 4.92 Å². The first kappa shape index (κ1) is 18.1. The second kappa shape index (κ2) is 8.19. The molecule has 1 aliphatic heterocycles. The lowest BCUT2D eigenvalue weighted by Crippen LogP contribution is -2.39. The van der Waals surface area contributed by atoms with Gasteiger partial charge >= 0.3 is 5.69 Å². The van der Waals surface area contributed by atoms with Crippen LogP contribution in [0.5, 0.6) is 0 Å². The maximum absolute atomic E-state index is 11.4. The number of nitro groups is 1. The molecule has 1 aliphatic rings. The third kappa shape index (κ3) is 4.18. The Bertz CT molecular complexity index is 969. The smallest absolute Gasteiger partial charge is 0.311 e. The van der Waals surface area contributed by atoms with Gasteiger partial charge in [0, 0.05) is 43.3 Å². The number of nitrogens with one attached hydrogen (secondary N) is 3. The lowest BCUT2D eigenvalue weighted by atomic mass is 10.2. The Morgan fingerprint density at radius 1 is 1.25 bits per heavy atom. The van der Waals surface area contributed by atoms with Crippen LogP contribution in [0, 0.1) is 10.1 Å². The fourth-order valence-corrected chi connectivity index (χ4v) is 3.11. The second-order valence-corrected chi connectivity index (χ2v) is 6.50. The Kier molecular flexibility index (Phi) is 5.31. The molecular weight excluding hydrogens is 362 g/mol. The normalized spacial score (nSPS) is 14.9. The fraction of sp³-hybridized carbons (Fsp3) is 0.333. The van der Waals surface area contributed by atoms with Crippen molar-refractivity contribution in [2.24, 2.45) is 0 Å². The predicted molar refractivity (Wildman–Crippen MR) is 106 cm³/mol. The van der Waals surface area contributed by atoms with Gasteiger partial charge in [0.15, 0.2) is 0 Å². The minimum Gasteiger partial charge on any atom is -0.379 e. The summed E-state index contributed by atoms with van der Waals surface area (Å²) >= 11 is 0. The highest BCUT2D eigenvalue weighted by molar-refractivity contribution is 5.83. The van der Waals surface area contributed by atoms with Crippen molar-refractivity contribution >= 4 is 33.9 Å². The minimum atomic E-state index is -0.441. The summed E-state index contributed by atoms with van der Waals surface area (Å²) in [4.78, 5) is 17.7. The Balaban J connectivity index is 1.47. The lowest BCUT2D eigenvalue weighted by Gasteiger charge is -2.26. The molecule has 0 atom stereocenters. The average Bonchev–Trinajstić information content (AvgIpc) is 3.17. The Hall–Kier alpha value is -3.24. The Labute approximate surface area is 161 Å². The number of aromatic amines is 1. The quantitative estimate of drug-likeness (QED) is 0.420. The lowest BCUT2D eigenvalue weighted by molar-refractivity contribution is -0.384. The number of H-pyrrole nitrogens is 1. The summed E-state index contributed by atoms with van der Waals surface area (Å²) in [5.74, 6) is 0.787. The van der Waals surface area contributed by atoms with Crippen LogP contribution in [0.2, 0.25) is 0 Å². The van der Waals surface area contributed by atoms with Gasteiger partial charge in [-0.25, -0.2) is 4.98 Å². The monoisotopic (exact) mass is 383 g/mol. The molecule has 0 aliphatic carbocycles. The van der Waals surface area contributed by atoms with Gasteiger partial charge in [-0.05, 0) is 24.3 Å². The second-order valence-electron chi connectivity index (χ2n) is 6.50. The first-order valence-corrected chi connectivity index (χ1v) is 9.08. The van der Waals surface area contributed by atoms with E-state index in [2.05, 4.69) is 30.7 Å². The van der Waals surface area contributed by atoms with Crippen molar-refractivity contribution in [2.45, 2.75) is 0 Å². The van der Waals surface area contributed by atoms with Crippen LogP contribution in [0.15, 0.2) is 36.5 Å². The van der Waals surface area contributed by atoms with Crippen molar-refractivity contribution in [1.82, 2.24) is 20.1 Å². The number of rotatable bonds is 7. The van der Waals surface area contributed by atoms with Crippen molar-refractivity contribution in [3.8, 4) is 0 Å². The van der Waals surface area contributed by atoms with Gasteiger partial charge < -0.3 is 15.4 Å². The van der Waals surface area contributed by atoms with Gasteiger partial charge in [-0.2, -0.15) is 5.10 Å². The molecule has 2 aromatic heterocycles. The first-order chi connectivity index (χ1) is 13.7. The highest BCUT2D eigenvalue weighted by atomic mass is 16.6. The molecule has 28 heavy (non-hydrogen) atoms. The SMILES string of the molecule is O=[N+]([O-])c1ccc(NCCN2CCOCC2)nc1Nc1ccc2[nH]ncc2c1. The molecule has 0 amide bonds. The van der Waals surface area contributed by atoms with Gasteiger partial charge in [0.1, 0.15) is 5.82 Å². The highest BCUT2D eigenvalue weighted by Gasteiger charge is 2.17. The van der Waals surface area contributed by atoms with Crippen LogP contribution in [0.4, 0.5) is 23.0 Å². The van der Waals surface area contributed by atoms with Gasteiger partial charge in [0.05, 0.1) is 29.9 Å². The summed E-state index contributed by atoms with van der Waals surface area (Å²) < 4.78 is 5.34. The largest absolute Gasteiger partial charge is 0.379 e. The summed E-state index contributed by atoms with van der Waals surface area (Å²) in [5.41, 5.74) is 1.52. The number of hydrogen-bond donors (Lipinski definition) is 3. The zero-order valence-electron chi connectivity index (χ0n) is 15.2. The molecule has 1 fully saturated rings.